The van der Waals surface area contributed by atoms with E-state index in [-0.39, 0.29) is 30.5 Å². The van der Waals surface area contributed by atoms with Gasteiger partial charge in [-0.05, 0) is 17.7 Å². The van der Waals surface area contributed by atoms with Crippen LogP contribution in [0.25, 0.3) is 10.9 Å². The molecule has 7 heteroatoms. The van der Waals surface area contributed by atoms with Crippen molar-refractivity contribution in [2.75, 3.05) is 26.3 Å². The zero-order chi connectivity index (χ0) is 20.8. The lowest BCUT2D eigenvalue weighted by Gasteiger charge is -2.32. The van der Waals surface area contributed by atoms with Gasteiger partial charge in [0.15, 0.2) is 0 Å². The second kappa shape index (κ2) is 9.65. The summed E-state index contributed by atoms with van der Waals surface area (Å²) in [6.45, 7) is 3.67. The summed E-state index contributed by atoms with van der Waals surface area (Å²) in [4.78, 5) is 26.5. The first-order valence-electron chi connectivity index (χ1n) is 10.2. The third-order valence-corrected chi connectivity index (χ3v) is 5.19. The van der Waals surface area contributed by atoms with E-state index < -0.39 is 0 Å². The molecule has 3 aromatic rings. The minimum atomic E-state index is -0.302. The lowest BCUT2D eigenvalue weighted by molar-refractivity contribution is -0.151. The van der Waals surface area contributed by atoms with E-state index >= 15 is 0 Å². The van der Waals surface area contributed by atoms with Crippen LogP contribution in [0.1, 0.15) is 12.0 Å². The number of carbonyl (C=O) groups is 1. The number of aryl methyl sites for hydroxylation is 1. The summed E-state index contributed by atoms with van der Waals surface area (Å²) in [5.74, 6) is -0.302. The summed E-state index contributed by atoms with van der Waals surface area (Å²) in [5, 5.41) is 4.74. The third-order valence-electron chi connectivity index (χ3n) is 5.19. The van der Waals surface area contributed by atoms with Crippen LogP contribution in [0.3, 0.4) is 0 Å². The van der Waals surface area contributed by atoms with E-state index in [1.807, 2.05) is 36.4 Å². The normalized spacial score (nSPS) is 17.1. The fourth-order valence-electron chi connectivity index (χ4n) is 3.66. The number of carbonyl (C=O) groups excluding carboxylic acids is 1. The van der Waals surface area contributed by atoms with Crippen molar-refractivity contribution in [3.63, 3.8) is 0 Å². The first-order valence-corrected chi connectivity index (χ1v) is 10.2. The third kappa shape index (κ3) is 5.11. The summed E-state index contributed by atoms with van der Waals surface area (Å²) in [7, 11) is 0. The zero-order valence-electron chi connectivity index (χ0n) is 16.8. The minimum absolute atomic E-state index is 0.126. The van der Waals surface area contributed by atoms with Gasteiger partial charge in [-0.15, -0.1) is 0 Å². The van der Waals surface area contributed by atoms with E-state index in [4.69, 9.17) is 9.47 Å². The van der Waals surface area contributed by atoms with Crippen molar-refractivity contribution in [1.29, 1.82) is 0 Å². The van der Waals surface area contributed by atoms with Crippen LogP contribution in [-0.2, 0) is 27.4 Å². The van der Waals surface area contributed by atoms with Crippen molar-refractivity contribution in [3.05, 3.63) is 76.6 Å². The fraction of sp³-hybridized carbons (Fsp3) is 0.348. The van der Waals surface area contributed by atoms with E-state index in [2.05, 4.69) is 22.1 Å². The van der Waals surface area contributed by atoms with Crippen LogP contribution in [0.15, 0.2) is 65.6 Å². The smallest absolute Gasteiger partial charge is 0.307 e. The number of esters is 1. The number of hydrogen-bond donors (Lipinski definition) is 0. The number of rotatable bonds is 7. The molecule has 0 saturated carbocycles. The van der Waals surface area contributed by atoms with Gasteiger partial charge in [0.25, 0.3) is 0 Å². The van der Waals surface area contributed by atoms with Crippen LogP contribution in [0.5, 0.6) is 0 Å². The van der Waals surface area contributed by atoms with E-state index in [1.165, 1.54) is 11.8 Å². The Bertz CT molecular complexity index is 1050. The van der Waals surface area contributed by atoms with Crippen molar-refractivity contribution in [2.45, 2.75) is 25.6 Å². The molecule has 0 spiro atoms. The molecule has 2 aromatic carbocycles. The molecule has 1 atom stereocenters. The fourth-order valence-corrected chi connectivity index (χ4v) is 3.66. The molecule has 7 nitrogen and oxygen atoms in total. The van der Waals surface area contributed by atoms with Crippen molar-refractivity contribution in [2.24, 2.45) is 0 Å². The van der Waals surface area contributed by atoms with Gasteiger partial charge in [0.1, 0.15) is 12.7 Å². The Hall–Kier alpha value is -3.03. The molecular weight excluding hydrogens is 382 g/mol. The van der Waals surface area contributed by atoms with Crippen LogP contribution in [0, 0.1) is 0 Å². The number of fused-ring (bicyclic) bond motifs is 1. The summed E-state index contributed by atoms with van der Waals surface area (Å²) < 4.78 is 12.9. The summed E-state index contributed by atoms with van der Waals surface area (Å²) in [5.41, 5.74) is 1.85. The van der Waals surface area contributed by atoms with Crippen LogP contribution >= 0.6 is 0 Å². The first-order chi connectivity index (χ1) is 14.7. The average molecular weight is 407 g/mol. The first kappa shape index (κ1) is 20.3. The lowest BCUT2D eigenvalue weighted by Crippen LogP contribution is -2.44. The number of ether oxygens (including phenoxy) is 2. The lowest BCUT2D eigenvalue weighted by atomic mass is 10.2. The van der Waals surface area contributed by atoms with Crippen molar-refractivity contribution in [3.8, 4) is 0 Å². The van der Waals surface area contributed by atoms with Crippen LogP contribution in [0.4, 0.5) is 0 Å². The van der Waals surface area contributed by atoms with Crippen molar-refractivity contribution >= 4 is 16.9 Å². The summed E-state index contributed by atoms with van der Waals surface area (Å²) in [6, 6.07) is 17.6. The molecule has 156 valence electrons. The number of aromatic nitrogens is 2. The predicted molar refractivity (Wildman–Crippen MR) is 113 cm³/mol. The Morgan fingerprint density at radius 3 is 2.80 bits per heavy atom. The number of morpholine rings is 1. The predicted octanol–water partition coefficient (Wildman–Crippen LogP) is 2.23. The largest absolute Gasteiger partial charge is 0.463 e. The molecule has 2 heterocycles. The van der Waals surface area contributed by atoms with Gasteiger partial charge in [-0.2, -0.15) is 5.10 Å². The van der Waals surface area contributed by atoms with Crippen LogP contribution in [-0.4, -0.2) is 53.1 Å². The quantitative estimate of drug-likeness (QED) is 0.559. The molecule has 4 rings (SSSR count). The number of benzene rings is 2. The van der Waals surface area contributed by atoms with Gasteiger partial charge < -0.3 is 9.47 Å². The Morgan fingerprint density at radius 2 is 1.93 bits per heavy atom. The maximum atomic E-state index is 12.2. The molecule has 0 aliphatic carbocycles. The van der Waals surface area contributed by atoms with Gasteiger partial charge in [-0.25, -0.2) is 0 Å². The van der Waals surface area contributed by atoms with Crippen LogP contribution < -0.4 is 5.43 Å². The molecule has 1 aromatic heterocycles. The Labute approximate surface area is 174 Å². The molecule has 1 saturated heterocycles. The van der Waals surface area contributed by atoms with Gasteiger partial charge in [-0.1, -0.05) is 42.5 Å². The molecule has 0 amide bonds. The molecule has 1 aliphatic rings. The molecule has 0 radical (unpaired) electrons. The zero-order valence-corrected chi connectivity index (χ0v) is 16.8. The molecule has 30 heavy (non-hydrogen) atoms. The molecule has 1 aliphatic heterocycles. The second-order valence-corrected chi connectivity index (χ2v) is 7.40. The Morgan fingerprint density at radius 1 is 1.13 bits per heavy atom. The van der Waals surface area contributed by atoms with E-state index in [9.17, 15) is 9.59 Å². The number of nitrogens with zero attached hydrogens (tertiary/aromatic N) is 3. The van der Waals surface area contributed by atoms with Gasteiger partial charge in [0.2, 0.25) is 5.43 Å². The van der Waals surface area contributed by atoms with Gasteiger partial charge in [0, 0.05) is 25.0 Å². The van der Waals surface area contributed by atoms with Gasteiger partial charge in [0.05, 0.1) is 31.3 Å². The average Bonchev–Trinajstić information content (AvgIpc) is 2.78. The molecule has 0 bridgehead atoms. The molecule has 1 unspecified atom stereocenters. The Kier molecular flexibility index (Phi) is 6.51. The van der Waals surface area contributed by atoms with Gasteiger partial charge >= 0.3 is 5.97 Å². The van der Waals surface area contributed by atoms with E-state index in [1.54, 1.807) is 10.7 Å². The maximum absolute atomic E-state index is 12.2. The molecule has 0 N–H and O–H groups in total. The standard InChI is InChI=1S/C23H25N3O4/c27-22-14-24-26(21-9-5-4-8-20(21)22)11-10-23(28)30-17-19-16-25(12-13-29-19)15-18-6-2-1-3-7-18/h1-9,14,19H,10-13,15-17H2. The summed E-state index contributed by atoms with van der Waals surface area (Å²) >= 11 is 0. The Balaban J connectivity index is 1.26. The number of para-hydroxylation sites is 1. The number of hydrogen-bond acceptors (Lipinski definition) is 6. The van der Waals surface area contributed by atoms with E-state index in [0.29, 0.717) is 24.1 Å². The van der Waals surface area contributed by atoms with Crippen molar-refractivity contribution < 1.29 is 14.3 Å². The highest BCUT2D eigenvalue weighted by Crippen LogP contribution is 2.12. The molecule has 1 fully saturated rings. The topological polar surface area (TPSA) is 73.7 Å². The van der Waals surface area contributed by atoms with Crippen LogP contribution in [0.2, 0.25) is 0 Å². The highest BCUT2D eigenvalue weighted by atomic mass is 16.6. The highest BCUT2D eigenvalue weighted by Gasteiger charge is 2.22. The molecular formula is C23H25N3O4. The van der Waals surface area contributed by atoms with E-state index in [0.717, 1.165) is 19.6 Å². The minimum Gasteiger partial charge on any atom is -0.463 e. The van der Waals surface area contributed by atoms with Gasteiger partial charge in [-0.3, -0.25) is 19.2 Å². The highest BCUT2D eigenvalue weighted by molar-refractivity contribution is 5.78. The van der Waals surface area contributed by atoms with Crippen molar-refractivity contribution in [1.82, 2.24) is 14.7 Å². The second-order valence-electron chi connectivity index (χ2n) is 7.40. The summed E-state index contributed by atoms with van der Waals surface area (Å²) in [6.07, 6.45) is 1.34. The maximum Gasteiger partial charge on any atom is 0.307 e. The monoisotopic (exact) mass is 407 g/mol. The SMILES string of the molecule is O=C(CCn1ncc(=O)c2ccccc21)OCC1CN(Cc2ccccc2)CCO1.